The van der Waals surface area contributed by atoms with E-state index in [1.54, 1.807) is 18.9 Å². The summed E-state index contributed by atoms with van der Waals surface area (Å²) in [5.41, 5.74) is 0.906. The van der Waals surface area contributed by atoms with Crippen LogP contribution in [0.25, 0.3) is 0 Å². The van der Waals surface area contributed by atoms with Crippen LogP contribution in [-0.4, -0.2) is 17.1 Å². The van der Waals surface area contributed by atoms with Crippen LogP contribution in [0, 0.1) is 13.8 Å². The Bertz CT molecular complexity index is 558. The molecule has 0 unspecified atom stereocenters. The van der Waals surface area contributed by atoms with E-state index in [4.69, 9.17) is 16.3 Å². The molecule has 0 fully saturated rings. The van der Waals surface area contributed by atoms with Gasteiger partial charge in [0.15, 0.2) is 0 Å². The second-order valence-electron chi connectivity index (χ2n) is 3.77. The van der Waals surface area contributed by atoms with E-state index in [9.17, 15) is 0 Å². The Morgan fingerprint density at radius 3 is 2.39 bits per heavy atom. The number of ether oxygens (including phenoxy) is 1. The van der Waals surface area contributed by atoms with Gasteiger partial charge in [-0.25, -0.2) is 9.97 Å². The van der Waals surface area contributed by atoms with Crippen LogP contribution in [0.3, 0.4) is 0 Å². The molecule has 2 aromatic rings. The van der Waals surface area contributed by atoms with Gasteiger partial charge in [0.2, 0.25) is 0 Å². The third-order valence-corrected chi connectivity index (χ3v) is 3.89. The standard InChI is InChI=1S/C13H13ClN2OS/c1-8-12(14)15-9(2)16-13(8)18-11-6-4-10(17-3)5-7-11/h4-7H,1-3H3. The van der Waals surface area contributed by atoms with Gasteiger partial charge >= 0.3 is 0 Å². The first kappa shape index (κ1) is 13.2. The smallest absolute Gasteiger partial charge is 0.136 e. The highest BCUT2D eigenvalue weighted by Crippen LogP contribution is 2.31. The summed E-state index contributed by atoms with van der Waals surface area (Å²) in [6.45, 7) is 3.76. The van der Waals surface area contributed by atoms with Crippen molar-refractivity contribution in [2.45, 2.75) is 23.8 Å². The first-order valence-electron chi connectivity index (χ1n) is 5.43. The number of aromatic nitrogens is 2. The molecule has 0 spiro atoms. The van der Waals surface area contributed by atoms with Gasteiger partial charge < -0.3 is 4.74 Å². The number of benzene rings is 1. The number of halogens is 1. The molecule has 3 nitrogen and oxygen atoms in total. The van der Waals surface area contributed by atoms with E-state index in [1.807, 2.05) is 38.1 Å². The van der Waals surface area contributed by atoms with Gasteiger partial charge in [0, 0.05) is 10.5 Å². The first-order chi connectivity index (χ1) is 8.60. The van der Waals surface area contributed by atoms with Gasteiger partial charge in [-0.15, -0.1) is 0 Å². The molecule has 0 bridgehead atoms. The molecule has 1 aromatic heterocycles. The minimum Gasteiger partial charge on any atom is -0.497 e. The molecule has 0 N–H and O–H groups in total. The second kappa shape index (κ2) is 5.59. The largest absolute Gasteiger partial charge is 0.497 e. The lowest BCUT2D eigenvalue weighted by atomic mass is 10.3. The topological polar surface area (TPSA) is 35.0 Å². The van der Waals surface area contributed by atoms with E-state index in [0.29, 0.717) is 11.0 Å². The molecule has 18 heavy (non-hydrogen) atoms. The highest BCUT2D eigenvalue weighted by Gasteiger charge is 2.09. The summed E-state index contributed by atoms with van der Waals surface area (Å²) in [6.07, 6.45) is 0. The van der Waals surface area contributed by atoms with Crippen molar-refractivity contribution in [3.8, 4) is 5.75 Å². The third-order valence-electron chi connectivity index (χ3n) is 2.43. The molecule has 0 aliphatic heterocycles. The first-order valence-corrected chi connectivity index (χ1v) is 6.62. The molecular formula is C13H13ClN2OS. The van der Waals surface area contributed by atoms with Crippen molar-refractivity contribution >= 4 is 23.4 Å². The molecule has 0 aliphatic carbocycles. The maximum Gasteiger partial charge on any atom is 0.136 e. The Hall–Kier alpha value is -1.26. The fraction of sp³-hybridized carbons (Fsp3) is 0.231. The molecule has 1 heterocycles. The normalized spacial score (nSPS) is 10.4. The van der Waals surface area contributed by atoms with Crippen LogP contribution in [0.2, 0.25) is 5.15 Å². The fourth-order valence-electron chi connectivity index (χ4n) is 1.42. The van der Waals surface area contributed by atoms with Gasteiger partial charge in [-0.3, -0.25) is 0 Å². The van der Waals surface area contributed by atoms with Gasteiger partial charge in [-0.1, -0.05) is 23.4 Å². The van der Waals surface area contributed by atoms with Crippen LogP contribution in [0.5, 0.6) is 5.75 Å². The minimum absolute atomic E-state index is 0.513. The molecule has 94 valence electrons. The SMILES string of the molecule is COc1ccc(Sc2nc(C)nc(Cl)c2C)cc1. The Morgan fingerprint density at radius 1 is 1.11 bits per heavy atom. The molecular weight excluding hydrogens is 268 g/mol. The Kier molecular flexibility index (Phi) is 4.09. The molecule has 1 aromatic carbocycles. The zero-order valence-electron chi connectivity index (χ0n) is 10.4. The maximum atomic E-state index is 6.05. The molecule has 2 rings (SSSR count). The predicted molar refractivity (Wildman–Crippen MR) is 73.6 cm³/mol. The summed E-state index contributed by atoms with van der Waals surface area (Å²) in [7, 11) is 1.65. The Labute approximate surface area is 116 Å². The van der Waals surface area contributed by atoms with Crippen LogP contribution >= 0.6 is 23.4 Å². The van der Waals surface area contributed by atoms with Crippen LogP contribution in [0.1, 0.15) is 11.4 Å². The minimum atomic E-state index is 0.513. The lowest BCUT2D eigenvalue weighted by Gasteiger charge is -2.07. The van der Waals surface area contributed by atoms with Gasteiger partial charge in [-0.05, 0) is 38.1 Å². The van der Waals surface area contributed by atoms with Gasteiger partial charge in [0.25, 0.3) is 0 Å². The Morgan fingerprint density at radius 2 is 1.78 bits per heavy atom. The van der Waals surface area contributed by atoms with Crippen molar-refractivity contribution < 1.29 is 4.74 Å². The van der Waals surface area contributed by atoms with Crippen LogP contribution in [-0.2, 0) is 0 Å². The molecule has 0 radical (unpaired) electrons. The zero-order valence-corrected chi connectivity index (χ0v) is 12.0. The zero-order chi connectivity index (χ0) is 13.1. The molecule has 0 saturated carbocycles. The van der Waals surface area contributed by atoms with Crippen molar-refractivity contribution in [2.24, 2.45) is 0 Å². The molecule has 0 amide bonds. The fourth-order valence-corrected chi connectivity index (χ4v) is 2.62. The van der Waals surface area contributed by atoms with Crippen LogP contribution < -0.4 is 4.74 Å². The lowest BCUT2D eigenvalue weighted by molar-refractivity contribution is 0.414. The molecule has 5 heteroatoms. The lowest BCUT2D eigenvalue weighted by Crippen LogP contribution is -1.95. The molecule has 0 atom stereocenters. The van der Waals surface area contributed by atoms with Gasteiger partial charge in [-0.2, -0.15) is 0 Å². The van der Waals surface area contributed by atoms with E-state index in [0.717, 1.165) is 21.2 Å². The van der Waals surface area contributed by atoms with Crippen molar-refractivity contribution in [3.05, 3.63) is 40.8 Å². The monoisotopic (exact) mass is 280 g/mol. The van der Waals surface area contributed by atoms with Crippen molar-refractivity contribution in [3.63, 3.8) is 0 Å². The number of methoxy groups -OCH3 is 1. The average molecular weight is 281 g/mol. The number of hydrogen-bond acceptors (Lipinski definition) is 4. The Balaban J connectivity index is 2.27. The van der Waals surface area contributed by atoms with E-state index in [2.05, 4.69) is 9.97 Å². The molecule has 0 aliphatic rings. The summed E-state index contributed by atoms with van der Waals surface area (Å²) in [6, 6.07) is 7.84. The van der Waals surface area contributed by atoms with E-state index in [-0.39, 0.29) is 0 Å². The number of hydrogen-bond donors (Lipinski definition) is 0. The van der Waals surface area contributed by atoms with Crippen molar-refractivity contribution in [2.75, 3.05) is 7.11 Å². The van der Waals surface area contributed by atoms with Gasteiger partial charge in [0.05, 0.1) is 7.11 Å². The number of nitrogens with zero attached hydrogens (tertiary/aromatic N) is 2. The van der Waals surface area contributed by atoms with Gasteiger partial charge in [0.1, 0.15) is 21.8 Å². The summed E-state index contributed by atoms with van der Waals surface area (Å²) in [5.74, 6) is 1.52. The number of aryl methyl sites for hydroxylation is 1. The van der Waals surface area contributed by atoms with E-state index >= 15 is 0 Å². The van der Waals surface area contributed by atoms with Crippen LogP contribution in [0.4, 0.5) is 0 Å². The van der Waals surface area contributed by atoms with Crippen molar-refractivity contribution in [1.29, 1.82) is 0 Å². The van der Waals surface area contributed by atoms with Crippen molar-refractivity contribution in [1.82, 2.24) is 9.97 Å². The molecule has 0 saturated heterocycles. The predicted octanol–water partition coefficient (Wildman–Crippen LogP) is 3.91. The number of rotatable bonds is 3. The summed E-state index contributed by atoms with van der Waals surface area (Å²) >= 11 is 7.62. The van der Waals surface area contributed by atoms with E-state index in [1.165, 1.54) is 0 Å². The quantitative estimate of drug-likeness (QED) is 0.799. The highest BCUT2D eigenvalue weighted by atomic mass is 35.5. The van der Waals surface area contributed by atoms with Crippen LogP contribution in [0.15, 0.2) is 34.2 Å². The maximum absolute atomic E-state index is 6.05. The summed E-state index contributed by atoms with van der Waals surface area (Å²) in [5, 5.41) is 1.40. The third kappa shape index (κ3) is 2.94. The average Bonchev–Trinajstić information content (AvgIpc) is 2.36. The summed E-state index contributed by atoms with van der Waals surface area (Å²) < 4.78 is 5.13. The highest BCUT2D eigenvalue weighted by molar-refractivity contribution is 7.99. The second-order valence-corrected chi connectivity index (χ2v) is 5.19. The summed E-state index contributed by atoms with van der Waals surface area (Å²) in [4.78, 5) is 9.62. The van der Waals surface area contributed by atoms with E-state index < -0.39 is 0 Å².